The van der Waals surface area contributed by atoms with Gasteiger partial charge in [0.05, 0.1) is 18.9 Å². The quantitative estimate of drug-likeness (QED) is 0.458. The first-order chi connectivity index (χ1) is 16.1. The highest BCUT2D eigenvalue weighted by atomic mass is 16.5. The molecule has 0 unspecified atom stereocenters. The molecule has 33 heavy (non-hydrogen) atoms. The van der Waals surface area contributed by atoms with Crippen LogP contribution in [0.15, 0.2) is 54.9 Å². The number of carbonyl (C=O) groups is 1. The number of rotatable bonds is 8. The molecule has 1 amide bonds. The highest BCUT2D eigenvalue weighted by molar-refractivity contribution is 6.09. The Morgan fingerprint density at radius 1 is 1.12 bits per heavy atom. The second-order valence-electron chi connectivity index (χ2n) is 7.77. The fourth-order valence-electron chi connectivity index (χ4n) is 3.75. The maximum atomic E-state index is 12.7. The third kappa shape index (κ3) is 4.65. The van der Waals surface area contributed by atoms with Crippen LogP contribution in [-0.4, -0.2) is 62.5 Å². The second-order valence-corrected chi connectivity index (χ2v) is 7.77. The van der Waals surface area contributed by atoms with E-state index in [9.17, 15) is 4.79 Å². The Balaban J connectivity index is 1.57. The summed E-state index contributed by atoms with van der Waals surface area (Å²) < 4.78 is 10.8. The molecule has 0 radical (unpaired) electrons. The van der Waals surface area contributed by atoms with E-state index in [1.165, 1.54) is 6.21 Å². The molecule has 0 aliphatic carbocycles. The minimum Gasteiger partial charge on any atom is -0.495 e. The van der Waals surface area contributed by atoms with Crippen LogP contribution in [0.4, 0.5) is 11.5 Å². The Bertz CT molecular complexity index is 1220. The first kappa shape index (κ1) is 22.3. The number of aromatic nitrogens is 1. The smallest absolute Gasteiger partial charge is 0.254 e. The predicted molar refractivity (Wildman–Crippen MR) is 131 cm³/mol. The Morgan fingerprint density at radius 2 is 1.91 bits per heavy atom. The van der Waals surface area contributed by atoms with Crippen LogP contribution in [0.1, 0.15) is 15.9 Å². The summed E-state index contributed by atoms with van der Waals surface area (Å²) in [6.45, 7) is 1.20. The monoisotopic (exact) mass is 445 g/mol. The SMILES string of the molecule is CN/C=C(\C=N)c1ccc2cnc(Nc3ccc(C(=O)N4CC(OC)C4)cc3OC)cc2c1. The largest absolute Gasteiger partial charge is 0.495 e. The minimum absolute atomic E-state index is 0.0406. The topological polar surface area (TPSA) is 99.6 Å². The zero-order valence-electron chi connectivity index (χ0n) is 18.9. The molecule has 1 fully saturated rings. The zero-order valence-corrected chi connectivity index (χ0v) is 18.9. The van der Waals surface area contributed by atoms with Crippen molar-refractivity contribution in [1.29, 1.82) is 5.41 Å². The molecular weight excluding hydrogens is 418 g/mol. The van der Waals surface area contributed by atoms with Gasteiger partial charge in [0.25, 0.3) is 5.91 Å². The first-order valence-corrected chi connectivity index (χ1v) is 10.6. The molecule has 0 saturated carbocycles. The van der Waals surface area contributed by atoms with Gasteiger partial charge in [-0.1, -0.05) is 12.1 Å². The Morgan fingerprint density at radius 3 is 2.61 bits per heavy atom. The van der Waals surface area contributed by atoms with Crippen molar-refractivity contribution >= 4 is 40.0 Å². The summed E-state index contributed by atoms with van der Waals surface area (Å²) in [5.41, 5.74) is 3.00. The summed E-state index contributed by atoms with van der Waals surface area (Å²) in [7, 11) is 5.04. The number of likely N-dealkylation sites (tertiary alicyclic amines) is 1. The molecule has 1 aromatic heterocycles. The number of methoxy groups -OCH3 is 2. The van der Waals surface area contributed by atoms with Gasteiger partial charge in [-0.3, -0.25) is 4.79 Å². The van der Waals surface area contributed by atoms with Gasteiger partial charge < -0.3 is 30.4 Å². The number of ether oxygens (including phenoxy) is 2. The average molecular weight is 446 g/mol. The number of allylic oxidation sites excluding steroid dienone is 1. The molecule has 3 aromatic rings. The van der Waals surface area contributed by atoms with Gasteiger partial charge in [-0.2, -0.15) is 0 Å². The molecule has 8 nitrogen and oxygen atoms in total. The van der Waals surface area contributed by atoms with Crippen LogP contribution in [0.3, 0.4) is 0 Å². The summed E-state index contributed by atoms with van der Waals surface area (Å²) in [6.07, 6.45) is 5.02. The van der Waals surface area contributed by atoms with Crippen LogP contribution in [-0.2, 0) is 4.74 Å². The number of pyridine rings is 1. The summed E-state index contributed by atoms with van der Waals surface area (Å²) in [6, 6.07) is 13.3. The van der Waals surface area contributed by atoms with E-state index in [-0.39, 0.29) is 12.0 Å². The molecule has 2 aromatic carbocycles. The van der Waals surface area contributed by atoms with Crippen LogP contribution in [0.5, 0.6) is 5.75 Å². The number of anilines is 2. The summed E-state index contributed by atoms with van der Waals surface area (Å²) in [5, 5.41) is 15.9. The molecule has 0 spiro atoms. The van der Waals surface area contributed by atoms with Crippen molar-refractivity contribution in [3.05, 3.63) is 66.0 Å². The molecule has 1 aliphatic heterocycles. The molecule has 8 heteroatoms. The van der Waals surface area contributed by atoms with Crippen LogP contribution >= 0.6 is 0 Å². The normalized spacial score (nSPS) is 14.0. The van der Waals surface area contributed by atoms with Gasteiger partial charge in [0.15, 0.2) is 0 Å². The van der Waals surface area contributed by atoms with Crippen LogP contribution in [0.2, 0.25) is 0 Å². The van der Waals surface area contributed by atoms with Crippen molar-refractivity contribution in [3.63, 3.8) is 0 Å². The van der Waals surface area contributed by atoms with E-state index in [1.807, 2.05) is 37.4 Å². The van der Waals surface area contributed by atoms with Crippen LogP contribution in [0, 0.1) is 5.41 Å². The lowest BCUT2D eigenvalue weighted by Gasteiger charge is -2.38. The van der Waals surface area contributed by atoms with Crippen molar-refractivity contribution in [2.24, 2.45) is 0 Å². The van der Waals surface area contributed by atoms with Crippen molar-refractivity contribution in [3.8, 4) is 5.75 Å². The molecule has 0 atom stereocenters. The molecule has 4 rings (SSSR count). The van der Waals surface area contributed by atoms with E-state index in [4.69, 9.17) is 14.9 Å². The lowest BCUT2D eigenvalue weighted by molar-refractivity contribution is -0.0192. The van der Waals surface area contributed by atoms with Gasteiger partial charge in [-0.25, -0.2) is 4.98 Å². The van der Waals surface area contributed by atoms with Crippen molar-refractivity contribution < 1.29 is 14.3 Å². The highest BCUT2D eigenvalue weighted by Gasteiger charge is 2.31. The molecular formula is C25H27N5O3. The minimum atomic E-state index is -0.0406. The van der Waals surface area contributed by atoms with Gasteiger partial charge >= 0.3 is 0 Å². The number of carbonyl (C=O) groups excluding carboxylic acids is 1. The van der Waals surface area contributed by atoms with E-state index in [1.54, 1.807) is 43.6 Å². The number of hydrogen-bond acceptors (Lipinski definition) is 7. The maximum absolute atomic E-state index is 12.7. The fourth-order valence-corrected chi connectivity index (χ4v) is 3.75. The van der Waals surface area contributed by atoms with E-state index >= 15 is 0 Å². The molecule has 1 aliphatic rings. The van der Waals surface area contributed by atoms with Crippen molar-refractivity contribution in [1.82, 2.24) is 15.2 Å². The Hall–Kier alpha value is -3.91. The summed E-state index contributed by atoms with van der Waals surface area (Å²) in [5.74, 6) is 1.17. The number of nitrogens with one attached hydrogen (secondary N) is 3. The molecule has 1 saturated heterocycles. The zero-order chi connectivity index (χ0) is 23.4. The van der Waals surface area contributed by atoms with Gasteiger partial charge in [-0.15, -0.1) is 0 Å². The number of amides is 1. The third-order valence-electron chi connectivity index (χ3n) is 5.69. The maximum Gasteiger partial charge on any atom is 0.254 e. The first-order valence-electron chi connectivity index (χ1n) is 10.6. The summed E-state index contributed by atoms with van der Waals surface area (Å²) >= 11 is 0. The Labute approximate surface area is 192 Å². The van der Waals surface area contributed by atoms with Crippen LogP contribution in [0.25, 0.3) is 16.3 Å². The fraction of sp³-hybridized carbons (Fsp3) is 0.240. The molecule has 0 bridgehead atoms. The number of benzene rings is 2. The van der Waals surface area contributed by atoms with Gasteiger partial charge in [0, 0.05) is 62.4 Å². The van der Waals surface area contributed by atoms with E-state index in [2.05, 4.69) is 15.6 Å². The highest BCUT2D eigenvalue weighted by Crippen LogP contribution is 2.30. The lowest BCUT2D eigenvalue weighted by atomic mass is 10.0. The lowest BCUT2D eigenvalue weighted by Crippen LogP contribution is -2.54. The van der Waals surface area contributed by atoms with Gasteiger partial charge in [0.1, 0.15) is 11.6 Å². The summed E-state index contributed by atoms with van der Waals surface area (Å²) in [4.78, 5) is 18.9. The van der Waals surface area contributed by atoms with E-state index in [0.29, 0.717) is 35.9 Å². The molecule has 3 N–H and O–H groups in total. The average Bonchev–Trinajstić information content (AvgIpc) is 2.81. The van der Waals surface area contributed by atoms with E-state index in [0.717, 1.165) is 21.9 Å². The Kier molecular flexibility index (Phi) is 6.55. The second kappa shape index (κ2) is 9.70. The molecule has 2 heterocycles. The van der Waals surface area contributed by atoms with Crippen LogP contribution < -0.4 is 15.4 Å². The number of fused-ring (bicyclic) bond motifs is 1. The third-order valence-corrected chi connectivity index (χ3v) is 5.69. The molecule has 170 valence electrons. The number of nitrogens with zero attached hydrogens (tertiary/aromatic N) is 2. The van der Waals surface area contributed by atoms with Gasteiger partial charge in [0.2, 0.25) is 0 Å². The predicted octanol–water partition coefficient (Wildman–Crippen LogP) is 3.67. The van der Waals surface area contributed by atoms with Crippen molar-refractivity contribution in [2.75, 3.05) is 39.7 Å². The van der Waals surface area contributed by atoms with Gasteiger partial charge in [-0.05, 0) is 41.3 Å². The standard InChI is InChI=1S/C25H27N5O3/c1-27-12-20(11-26)16-4-5-18-13-28-24(10-19(18)8-16)29-22-7-6-17(9-23(22)33-3)25(31)30-14-21(15-30)32-2/h4-13,21,26-27H,14-15H2,1-3H3,(H,28,29)/b20-12+,26-11?. The van der Waals surface area contributed by atoms with E-state index < -0.39 is 0 Å². The van der Waals surface area contributed by atoms with Crippen molar-refractivity contribution in [2.45, 2.75) is 6.10 Å². The number of hydrogen-bond donors (Lipinski definition) is 3.